The van der Waals surface area contributed by atoms with E-state index in [1.54, 1.807) is 0 Å². The first-order valence-corrected chi connectivity index (χ1v) is 12.9. The lowest BCUT2D eigenvalue weighted by Crippen LogP contribution is -2.27. The number of allylic oxidation sites excluding steroid dienone is 1. The van der Waals surface area contributed by atoms with Gasteiger partial charge in [-0.3, -0.25) is 0 Å². The van der Waals surface area contributed by atoms with Gasteiger partial charge in [-0.2, -0.15) is 0 Å². The molecular weight excluding hydrogens is 408 g/mol. The normalized spacial score (nSPS) is 19.2. The highest BCUT2D eigenvalue weighted by molar-refractivity contribution is 5.64. The van der Waals surface area contributed by atoms with Crippen molar-refractivity contribution >= 4 is 0 Å². The van der Waals surface area contributed by atoms with Crippen molar-refractivity contribution < 1.29 is 14.2 Å². The van der Waals surface area contributed by atoms with Gasteiger partial charge in [0.25, 0.3) is 0 Å². The summed E-state index contributed by atoms with van der Waals surface area (Å²) in [5.41, 5.74) is 3.47. The summed E-state index contributed by atoms with van der Waals surface area (Å²) in [4.78, 5) is 0. The van der Waals surface area contributed by atoms with Crippen LogP contribution < -0.4 is 4.74 Å². The standard InChI is InChI=1S/C30H42O3/c1-4-6-7-8-9-12-25-22-32-30(33-23-25)28-15-13-26(14-16-28)27-17-19-29(20-18-27)31-21-10-11-24(3)5-2/h4,13-20,24-25,30H,1,5-12,21-23H2,2-3H3/t24-,25?,30?/m0/s1. The van der Waals surface area contributed by atoms with E-state index in [0.29, 0.717) is 5.92 Å². The van der Waals surface area contributed by atoms with Gasteiger partial charge in [-0.25, -0.2) is 0 Å². The highest BCUT2D eigenvalue weighted by Gasteiger charge is 2.23. The lowest BCUT2D eigenvalue weighted by Gasteiger charge is -2.29. The van der Waals surface area contributed by atoms with E-state index < -0.39 is 0 Å². The van der Waals surface area contributed by atoms with Gasteiger partial charge in [0, 0.05) is 11.5 Å². The van der Waals surface area contributed by atoms with Crippen LogP contribution in [0.3, 0.4) is 0 Å². The van der Waals surface area contributed by atoms with Crippen molar-refractivity contribution in [2.75, 3.05) is 19.8 Å². The summed E-state index contributed by atoms with van der Waals surface area (Å²) in [6, 6.07) is 16.9. The van der Waals surface area contributed by atoms with Crippen molar-refractivity contribution in [3.05, 3.63) is 66.7 Å². The molecular formula is C30H42O3. The molecule has 3 heteroatoms. The van der Waals surface area contributed by atoms with Crippen molar-refractivity contribution in [3.63, 3.8) is 0 Å². The molecule has 0 amide bonds. The van der Waals surface area contributed by atoms with Crippen molar-refractivity contribution in [1.29, 1.82) is 0 Å². The van der Waals surface area contributed by atoms with Gasteiger partial charge in [0.05, 0.1) is 19.8 Å². The van der Waals surface area contributed by atoms with E-state index in [0.717, 1.165) is 49.9 Å². The largest absolute Gasteiger partial charge is 0.494 e. The molecule has 33 heavy (non-hydrogen) atoms. The maximum Gasteiger partial charge on any atom is 0.183 e. The van der Waals surface area contributed by atoms with Gasteiger partial charge in [-0.05, 0) is 61.3 Å². The quantitative estimate of drug-likeness (QED) is 0.214. The zero-order chi connectivity index (χ0) is 23.3. The monoisotopic (exact) mass is 450 g/mol. The number of ether oxygens (including phenoxy) is 3. The Labute approximate surface area is 201 Å². The van der Waals surface area contributed by atoms with Gasteiger partial charge in [-0.15, -0.1) is 6.58 Å². The molecule has 2 aromatic rings. The topological polar surface area (TPSA) is 27.7 Å². The SMILES string of the molecule is C=CCCCCCC1COC(c2ccc(-c3ccc(OCCC[C@@H](C)CC)cc3)cc2)OC1. The molecule has 2 aromatic carbocycles. The van der Waals surface area contributed by atoms with Gasteiger partial charge < -0.3 is 14.2 Å². The fourth-order valence-electron chi connectivity index (χ4n) is 4.20. The van der Waals surface area contributed by atoms with Crippen molar-refractivity contribution in [2.24, 2.45) is 11.8 Å². The molecule has 1 saturated heterocycles. The molecule has 0 spiro atoms. The predicted octanol–water partition coefficient (Wildman–Crippen LogP) is 8.36. The van der Waals surface area contributed by atoms with Crippen LogP contribution >= 0.6 is 0 Å². The molecule has 1 aliphatic rings. The molecule has 3 rings (SSSR count). The summed E-state index contributed by atoms with van der Waals surface area (Å²) in [7, 11) is 0. The summed E-state index contributed by atoms with van der Waals surface area (Å²) in [5, 5.41) is 0. The molecule has 0 aromatic heterocycles. The van der Waals surface area contributed by atoms with Crippen LogP contribution in [0.4, 0.5) is 0 Å². The van der Waals surface area contributed by atoms with Gasteiger partial charge in [0.15, 0.2) is 6.29 Å². The zero-order valence-electron chi connectivity index (χ0n) is 20.6. The summed E-state index contributed by atoms with van der Waals surface area (Å²) in [6.07, 6.45) is 11.4. The molecule has 1 atom stereocenters. The lowest BCUT2D eigenvalue weighted by atomic mass is 10.0. The molecule has 0 N–H and O–H groups in total. The van der Waals surface area contributed by atoms with E-state index in [1.165, 1.54) is 49.7 Å². The Bertz CT molecular complexity index is 788. The van der Waals surface area contributed by atoms with Crippen molar-refractivity contribution in [1.82, 2.24) is 0 Å². The smallest absolute Gasteiger partial charge is 0.183 e. The Morgan fingerprint density at radius 1 is 0.939 bits per heavy atom. The maximum absolute atomic E-state index is 6.03. The number of benzene rings is 2. The van der Waals surface area contributed by atoms with Crippen LogP contribution in [-0.4, -0.2) is 19.8 Å². The molecule has 0 bridgehead atoms. The third-order valence-electron chi connectivity index (χ3n) is 6.66. The average molecular weight is 451 g/mol. The van der Waals surface area contributed by atoms with E-state index >= 15 is 0 Å². The Hall–Kier alpha value is -2.10. The Morgan fingerprint density at radius 3 is 2.24 bits per heavy atom. The van der Waals surface area contributed by atoms with Crippen LogP contribution in [-0.2, 0) is 9.47 Å². The summed E-state index contributed by atoms with van der Waals surface area (Å²) in [6.45, 7) is 10.7. The van der Waals surface area contributed by atoms with Crippen molar-refractivity contribution in [2.45, 2.75) is 71.5 Å². The number of unbranched alkanes of at least 4 members (excludes halogenated alkanes) is 3. The van der Waals surface area contributed by atoms with Crippen LogP contribution in [0.1, 0.15) is 77.1 Å². The molecule has 180 valence electrons. The summed E-state index contributed by atoms with van der Waals surface area (Å²) < 4.78 is 18.0. The van der Waals surface area contributed by atoms with Crippen LogP contribution in [0, 0.1) is 11.8 Å². The Balaban J connectivity index is 1.41. The molecule has 1 fully saturated rings. The van der Waals surface area contributed by atoms with E-state index in [4.69, 9.17) is 14.2 Å². The average Bonchev–Trinajstić information content (AvgIpc) is 2.87. The molecule has 0 radical (unpaired) electrons. The van der Waals surface area contributed by atoms with Gasteiger partial charge in [0.2, 0.25) is 0 Å². The second kappa shape index (κ2) is 14.2. The molecule has 0 saturated carbocycles. The molecule has 3 nitrogen and oxygen atoms in total. The van der Waals surface area contributed by atoms with Crippen LogP contribution in [0.2, 0.25) is 0 Å². The highest BCUT2D eigenvalue weighted by atomic mass is 16.7. The fourth-order valence-corrected chi connectivity index (χ4v) is 4.20. The first-order valence-electron chi connectivity index (χ1n) is 12.9. The minimum absolute atomic E-state index is 0.248. The molecule has 1 aliphatic heterocycles. The van der Waals surface area contributed by atoms with E-state index in [2.05, 4.69) is 69.0 Å². The van der Waals surface area contributed by atoms with Crippen LogP contribution in [0.25, 0.3) is 11.1 Å². The summed E-state index contributed by atoms with van der Waals surface area (Å²) in [5.74, 6) is 2.24. The third-order valence-corrected chi connectivity index (χ3v) is 6.66. The first-order chi connectivity index (χ1) is 16.2. The number of rotatable bonds is 14. The van der Waals surface area contributed by atoms with Gasteiger partial charge >= 0.3 is 0 Å². The highest BCUT2D eigenvalue weighted by Crippen LogP contribution is 2.30. The molecule has 0 unspecified atom stereocenters. The van der Waals surface area contributed by atoms with Gasteiger partial charge in [0.1, 0.15) is 5.75 Å². The van der Waals surface area contributed by atoms with E-state index in [1.807, 2.05) is 6.08 Å². The van der Waals surface area contributed by atoms with Crippen molar-refractivity contribution in [3.8, 4) is 16.9 Å². The lowest BCUT2D eigenvalue weighted by molar-refractivity contribution is -0.206. The predicted molar refractivity (Wildman–Crippen MR) is 137 cm³/mol. The fraction of sp³-hybridized carbons (Fsp3) is 0.533. The van der Waals surface area contributed by atoms with Crippen LogP contribution in [0.15, 0.2) is 61.2 Å². The minimum atomic E-state index is -0.248. The van der Waals surface area contributed by atoms with E-state index in [-0.39, 0.29) is 6.29 Å². The van der Waals surface area contributed by atoms with Gasteiger partial charge in [-0.1, -0.05) is 75.6 Å². The van der Waals surface area contributed by atoms with Crippen LogP contribution in [0.5, 0.6) is 5.75 Å². The minimum Gasteiger partial charge on any atom is -0.494 e. The maximum atomic E-state index is 6.03. The Kier molecular flexibility index (Phi) is 11.0. The Morgan fingerprint density at radius 2 is 1.61 bits per heavy atom. The molecule has 1 heterocycles. The summed E-state index contributed by atoms with van der Waals surface area (Å²) >= 11 is 0. The second-order valence-electron chi connectivity index (χ2n) is 9.44. The number of hydrogen-bond acceptors (Lipinski definition) is 3. The molecule has 0 aliphatic carbocycles. The first kappa shape index (κ1) is 25.5. The van der Waals surface area contributed by atoms with E-state index in [9.17, 15) is 0 Å². The second-order valence-corrected chi connectivity index (χ2v) is 9.44. The number of hydrogen-bond donors (Lipinski definition) is 0. The third kappa shape index (κ3) is 8.64. The zero-order valence-corrected chi connectivity index (χ0v) is 20.6.